The second kappa shape index (κ2) is 4.84. The van der Waals surface area contributed by atoms with E-state index in [-0.39, 0.29) is 6.61 Å². The van der Waals surface area contributed by atoms with Crippen LogP contribution in [-0.4, -0.2) is 41.8 Å². The summed E-state index contributed by atoms with van der Waals surface area (Å²) < 4.78 is 0. The van der Waals surface area contributed by atoms with Gasteiger partial charge in [-0.3, -0.25) is 0 Å². The van der Waals surface area contributed by atoms with Crippen molar-refractivity contribution >= 4 is 23.4 Å². The average Bonchev–Trinajstić information content (AvgIpc) is 2.78. The summed E-state index contributed by atoms with van der Waals surface area (Å²) in [5.41, 5.74) is 0. The van der Waals surface area contributed by atoms with Crippen LogP contribution in [0.25, 0.3) is 0 Å². The van der Waals surface area contributed by atoms with Crippen LogP contribution in [0.3, 0.4) is 0 Å². The van der Waals surface area contributed by atoms with E-state index in [1.54, 1.807) is 13.2 Å². The van der Waals surface area contributed by atoms with E-state index >= 15 is 0 Å². The molecule has 6 heteroatoms. The first-order valence-electron chi connectivity index (χ1n) is 5.30. The van der Waals surface area contributed by atoms with E-state index in [2.05, 4.69) is 20.2 Å². The van der Waals surface area contributed by atoms with Gasteiger partial charge < -0.3 is 15.3 Å². The van der Waals surface area contributed by atoms with Crippen molar-refractivity contribution in [3.05, 3.63) is 11.2 Å². The molecule has 1 aliphatic rings. The zero-order chi connectivity index (χ0) is 11.5. The first-order valence-corrected chi connectivity index (χ1v) is 5.68. The molecule has 2 heterocycles. The molecule has 0 saturated carbocycles. The number of hydrogen-bond donors (Lipinski definition) is 2. The molecule has 1 aromatic heterocycles. The number of aromatic nitrogens is 2. The zero-order valence-electron chi connectivity index (χ0n) is 9.15. The Kier molecular flexibility index (Phi) is 3.46. The molecular formula is C10H15ClN4O. The third-order valence-electron chi connectivity index (χ3n) is 2.79. The van der Waals surface area contributed by atoms with Crippen molar-refractivity contribution < 1.29 is 5.11 Å². The molecule has 2 N–H and O–H groups in total. The van der Waals surface area contributed by atoms with Crippen molar-refractivity contribution in [2.45, 2.75) is 6.42 Å². The smallest absolute Gasteiger partial charge is 0.224 e. The topological polar surface area (TPSA) is 61.3 Å². The minimum absolute atomic E-state index is 0.220. The van der Waals surface area contributed by atoms with Gasteiger partial charge in [0, 0.05) is 32.7 Å². The summed E-state index contributed by atoms with van der Waals surface area (Å²) in [5.74, 6) is 1.63. The van der Waals surface area contributed by atoms with Gasteiger partial charge in [-0.1, -0.05) is 11.6 Å². The van der Waals surface area contributed by atoms with E-state index in [0.29, 0.717) is 16.9 Å². The Hall–Kier alpha value is -1.07. The fraction of sp³-hybridized carbons (Fsp3) is 0.600. The molecule has 1 saturated heterocycles. The van der Waals surface area contributed by atoms with Gasteiger partial charge in [-0.05, 0) is 6.42 Å². The summed E-state index contributed by atoms with van der Waals surface area (Å²) >= 11 is 6.07. The Balaban J connectivity index is 2.20. The van der Waals surface area contributed by atoms with Crippen LogP contribution in [-0.2, 0) is 0 Å². The average molecular weight is 243 g/mol. The summed E-state index contributed by atoms with van der Waals surface area (Å²) in [5, 5.41) is 12.5. The number of nitrogens with zero attached hydrogens (tertiary/aromatic N) is 3. The Bertz CT molecular complexity index is 374. The van der Waals surface area contributed by atoms with Gasteiger partial charge in [0.05, 0.1) is 6.20 Å². The second-order valence-corrected chi connectivity index (χ2v) is 4.31. The second-order valence-electron chi connectivity index (χ2n) is 3.90. The SMILES string of the molecule is CNc1ncc(Cl)c(N2CCC(CO)C2)n1. The molecule has 1 unspecified atom stereocenters. The van der Waals surface area contributed by atoms with Crippen LogP contribution in [0.15, 0.2) is 6.20 Å². The van der Waals surface area contributed by atoms with E-state index in [4.69, 9.17) is 16.7 Å². The molecule has 0 aliphatic carbocycles. The van der Waals surface area contributed by atoms with Gasteiger partial charge in [0.2, 0.25) is 5.95 Å². The number of nitrogens with one attached hydrogen (secondary N) is 1. The molecule has 2 rings (SSSR count). The van der Waals surface area contributed by atoms with Crippen LogP contribution in [0.2, 0.25) is 5.02 Å². The molecule has 0 amide bonds. The maximum Gasteiger partial charge on any atom is 0.224 e. The first kappa shape index (κ1) is 11.4. The highest BCUT2D eigenvalue weighted by atomic mass is 35.5. The lowest BCUT2D eigenvalue weighted by Gasteiger charge is -2.18. The third-order valence-corrected chi connectivity index (χ3v) is 3.06. The lowest BCUT2D eigenvalue weighted by atomic mass is 10.1. The monoisotopic (exact) mass is 242 g/mol. The Morgan fingerprint density at radius 3 is 3.12 bits per heavy atom. The van der Waals surface area contributed by atoms with Gasteiger partial charge in [0.15, 0.2) is 5.82 Å². The Morgan fingerprint density at radius 2 is 2.50 bits per heavy atom. The van der Waals surface area contributed by atoms with Crippen LogP contribution < -0.4 is 10.2 Å². The standard InChI is InChI=1S/C10H15ClN4O/c1-12-10-13-4-8(11)9(14-10)15-3-2-7(5-15)6-16/h4,7,16H,2-3,5-6H2,1H3,(H,12,13,14). The van der Waals surface area contributed by atoms with Gasteiger partial charge in [0.1, 0.15) is 5.02 Å². The Labute approximate surface area is 99.5 Å². The van der Waals surface area contributed by atoms with Crippen molar-refractivity contribution in [1.82, 2.24) is 9.97 Å². The number of rotatable bonds is 3. The lowest BCUT2D eigenvalue weighted by Crippen LogP contribution is -2.22. The summed E-state index contributed by atoms with van der Waals surface area (Å²) in [7, 11) is 1.77. The molecular weight excluding hydrogens is 228 g/mol. The number of hydrogen-bond acceptors (Lipinski definition) is 5. The number of aliphatic hydroxyl groups is 1. The first-order chi connectivity index (χ1) is 7.74. The largest absolute Gasteiger partial charge is 0.396 e. The van der Waals surface area contributed by atoms with E-state index < -0.39 is 0 Å². The number of aliphatic hydroxyl groups excluding tert-OH is 1. The summed E-state index contributed by atoms with van der Waals surface area (Å²) in [6.45, 7) is 1.90. The molecule has 0 bridgehead atoms. The van der Waals surface area contributed by atoms with E-state index in [0.717, 1.165) is 25.3 Å². The molecule has 5 nitrogen and oxygen atoms in total. The molecule has 0 aromatic carbocycles. The molecule has 16 heavy (non-hydrogen) atoms. The number of anilines is 2. The molecule has 1 atom stereocenters. The Morgan fingerprint density at radius 1 is 1.69 bits per heavy atom. The maximum atomic E-state index is 9.10. The van der Waals surface area contributed by atoms with Gasteiger partial charge in [-0.15, -0.1) is 0 Å². The van der Waals surface area contributed by atoms with Gasteiger partial charge >= 0.3 is 0 Å². The molecule has 1 aromatic rings. The fourth-order valence-electron chi connectivity index (χ4n) is 1.87. The van der Waals surface area contributed by atoms with E-state index in [1.165, 1.54) is 0 Å². The van der Waals surface area contributed by atoms with Crippen molar-refractivity contribution in [3.8, 4) is 0 Å². The summed E-state index contributed by atoms with van der Waals surface area (Å²) in [4.78, 5) is 10.5. The minimum Gasteiger partial charge on any atom is -0.396 e. The van der Waals surface area contributed by atoms with Crippen molar-refractivity contribution in [3.63, 3.8) is 0 Å². The van der Waals surface area contributed by atoms with Crippen LogP contribution >= 0.6 is 11.6 Å². The predicted molar refractivity (Wildman–Crippen MR) is 64.0 cm³/mol. The van der Waals surface area contributed by atoms with Crippen LogP contribution in [0.4, 0.5) is 11.8 Å². The highest BCUT2D eigenvalue weighted by Crippen LogP contribution is 2.28. The normalized spacial score (nSPS) is 20.2. The van der Waals surface area contributed by atoms with E-state index in [9.17, 15) is 0 Å². The van der Waals surface area contributed by atoms with Gasteiger partial charge in [-0.2, -0.15) is 4.98 Å². The molecule has 88 valence electrons. The van der Waals surface area contributed by atoms with Crippen LogP contribution in [0.5, 0.6) is 0 Å². The zero-order valence-corrected chi connectivity index (χ0v) is 9.91. The molecule has 0 spiro atoms. The van der Waals surface area contributed by atoms with E-state index in [1.807, 2.05) is 0 Å². The fourth-order valence-corrected chi connectivity index (χ4v) is 2.08. The van der Waals surface area contributed by atoms with Crippen LogP contribution in [0, 0.1) is 5.92 Å². The van der Waals surface area contributed by atoms with Crippen LogP contribution in [0.1, 0.15) is 6.42 Å². The summed E-state index contributed by atoms with van der Waals surface area (Å²) in [6, 6.07) is 0. The van der Waals surface area contributed by atoms with Crippen molar-refractivity contribution in [1.29, 1.82) is 0 Å². The van der Waals surface area contributed by atoms with Gasteiger partial charge in [-0.25, -0.2) is 4.98 Å². The highest BCUT2D eigenvalue weighted by Gasteiger charge is 2.24. The molecule has 0 radical (unpaired) electrons. The predicted octanol–water partition coefficient (Wildman–Crippen LogP) is 0.990. The van der Waals surface area contributed by atoms with Gasteiger partial charge in [0.25, 0.3) is 0 Å². The van der Waals surface area contributed by atoms with Crippen molar-refractivity contribution in [2.75, 3.05) is 37.0 Å². The lowest BCUT2D eigenvalue weighted by molar-refractivity contribution is 0.238. The molecule has 1 aliphatic heterocycles. The summed E-state index contributed by atoms with van der Waals surface area (Å²) in [6.07, 6.45) is 2.58. The minimum atomic E-state index is 0.220. The maximum absolute atomic E-state index is 9.10. The third kappa shape index (κ3) is 2.20. The van der Waals surface area contributed by atoms with Crippen molar-refractivity contribution in [2.24, 2.45) is 5.92 Å². The quantitative estimate of drug-likeness (QED) is 0.828. The molecule has 1 fully saturated rings. The highest BCUT2D eigenvalue weighted by molar-refractivity contribution is 6.32. The number of halogens is 1.